The molecule has 0 saturated heterocycles. The molecule has 3 rings (SSSR count). The van der Waals surface area contributed by atoms with Crippen LogP contribution in [0.5, 0.6) is 0 Å². The van der Waals surface area contributed by atoms with Gasteiger partial charge in [0.1, 0.15) is 6.04 Å². The van der Waals surface area contributed by atoms with Crippen molar-refractivity contribution in [2.45, 2.75) is 51.1 Å². The zero-order chi connectivity index (χ0) is 26.8. The molecule has 0 aliphatic carbocycles. The van der Waals surface area contributed by atoms with Gasteiger partial charge >= 0.3 is 0 Å². The highest BCUT2D eigenvalue weighted by Crippen LogP contribution is 2.25. The molecule has 4 nitrogen and oxygen atoms in total. The van der Waals surface area contributed by atoms with E-state index >= 15 is 0 Å². The molecule has 0 bridgehead atoms. The minimum Gasteiger partial charge on any atom is -0.352 e. The van der Waals surface area contributed by atoms with Crippen LogP contribution in [-0.4, -0.2) is 34.6 Å². The van der Waals surface area contributed by atoms with Crippen molar-refractivity contribution in [3.05, 3.63) is 105 Å². The van der Waals surface area contributed by atoms with Gasteiger partial charge in [0.15, 0.2) is 0 Å². The molecule has 3 aromatic rings. The normalized spacial score (nSPS) is 12.6. The third-order valence-electron chi connectivity index (χ3n) is 6.04. The summed E-state index contributed by atoms with van der Waals surface area (Å²) in [5.41, 5.74) is 2.78. The summed E-state index contributed by atoms with van der Waals surface area (Å²) in [6.45, 7) is 4.17. The lowest BCUT2D eigenvalue weighted by Gasteiger charge is -2.32. The van der Waals surface area contributed by atoms with Crippen molar-refractivity contribution in [3.8, 4) is 0 Å². The van der Waals surface area contributed by atoms with E-state index in [0.717, 1.165) is 23.1 Å². The van der Waals surface area contributed by atoms with Gasteiger partial charge in [-0.3, -0.25) is 9.59 Å². The van der Waals surface area contributed by atoms with Crippen LogP contribution >= 0.6 is 46.6 Å². The Labute approximate surface area is 238 Å². The number of benzene rings is 3. The van der Waals surface area contributed by atoms with Crippen molar-refractivity contribution in [1.82, 2.24) is 10.2 Å². The fourth-order valence-electron chi connectivity index (χ4n) is 3.75. The van der Waals surface area contributed by atoms with Gasteiger partial charge in [0, 0.05) is 39.8 Å². The van der Waals surface area contributed by atoms with Crippen LogP contribution in [0.15, 0.2) is 72.8 Å². The molecule has 0 unspecified atom stereocenters. The Morgan fingerprint density at radius 1 is 0.919 bits per heavy atom. The first-order chi connectivity index (χ1) is 17.8. The Balaban J connectivity index is 1.88. The van der Waals surface area contributed by atoms with Gasteiger partial charge in [0.05, 0.1) is 5.75 Å². The first-order valence-electron chi connectivity index (χ1n) is 12.2. The highest BCUT2D eigenvalue weighted by atomic mass is 35.5. The lowest BCUT2D eigenvalue weighted by Crippen LogP contribution is -2.52. The van der Waals surface area contributed by atoms with E-state index in [1.165, 1.54) is 11.8 Å². The van der Waals surface area contributed by atoms with Gasteiger partial charge in [0.2, 0.25) is 11.8 Å². The number of nitrogens with zero attached hydrogens (tertiary/aromatic N) is 1. The Bertz CT molecular complexity index is 1180. The molecular weight excluding hydrogens is 547 g/mol. The average molecular weight is 578 g/mol. The van der Waals surface area contributed by atoms with Crippen molar-refractivity contribution >= 4 is 58.4 Å². The lowest BCUT2D eigenvalue weighted by molar-refractivity contribution is -0.139. The molecule has 0 spiro atoms. The number of hydrogen-bond acceptors (Lipinski definition) is 3. The van der Waals surface area contributed by atoms with E-state index in [1.54, 1.807) is 23.1 Å². The third-order valence-corrected chi connectivity index (χ3v) is 7.86. The fraction of sp³-hybridized carbons (Fsp3) is 0.310. The molecular formula is C29H31Cl3N2O2S. The Hall–Kier alpha value is -2.18. The van der Waals surface area contributed by atoms with Gasteiger partial charge in [-0.1, -0.05) is 90.3 Å². The Morgan fingerprint density at radius 2 is 1.59 bits per heavy atom. The second kappa shape index (κ2) is 14.7. The summed E-state index contributed by atoms with van der Waals surface area (Å²) in [7, 11) is 0. The first kappa shape index (κ1) is 29.4. The summed E-state index contributed by atoms with van der Waals surface area (Å²) >= 11 is 20.1. The van der Waals surface area contributed by atoms with E-state index in [2.05, 4.69) is 5.32 Å². The van der Waals surface area contributed by atoms with Crippen molar-refractivity contribution in [3.63, 3.8) is 0 Å². The largest absolute Gasteiger partial charge is 0.352 e. The molecule has 0 aliphatic heterocycles. The number of amides is 2. The number of halogens is 3. The highest BCUT2D eigenvalue weighted by Gasteiger charge is 2.31. The van der Waals surface area contributed by atoms with Crippen LogP contribution < -0.4 is 5.32 Å². The summed E-state index contributed by atoms with van der Waals surface area (Å²) in [6, 6.07) is 21.8. The topological polar surface area (TPSA) is 49.4 Å². The van der Waals surface area contributed by atoms with Crippen LogP contribution in [0.25, 0.3) is 0 Å². The van der Waals surface area contributed by atoms with E-state index < -0.39 is 6.04 Å². The predicted molar refractivity (Wildman–Crippen MR) is 156 cm³/mol. The number of nitrogens with one attached hydrogen (secondary N) is 1. The summed E-state index contributed by atoms with van der Waals surface area (Å²) < 4.78 is 0. The molecule has 196 valence electrons. The van der Waals surface area contributed by atoms with Crippen LogP contribution in [0.4, 0.5) is 0 Å². The van der Waals surface area contributed by atoms with E-state index in [0.29, 0.717) is 27.2 Å². The molecule has 37 heavy (non-hydrogen) atoms. The molecule has 8 heteroatoms. The maximum absolute atomic E-state index is 13.7. The second-order valence-electron chi connectivity index (χ2n) is 8.90. The number of carbonyl (C=O) groups excluding carboxylic acids is 2. The average Bonchev–Trinajstić information content (AvgIpc) is 2.88. The standard InChI is InChI=1S/C29H31Cl3N2O2S/c1-3-20(2)33-29(36)27(15-21-7-5-4-6-8-21)34(17-23-11-14-25(31)16-26(23)32)28(35)19-37-18-22-9-12-24(30)13-10-22/h4-14,16,20,27H,3,15,17-19H2,1-2H3,(H,33,36)/t20-,27-/m0/s1. The van der Waals surface area contributed by atoms with Crippen LogP contribution in [0.3, 0.4) is 0 Å². The molecule has 0 fully saturated rings. The quantitative estimate of drug-likeness (QED) is 0.243. The molecule has 0 saturated carbocycles. The fourth-order valence-corrected chi connectivity index (χ4v) is 5.21. The lowest BCUT2D eigenvalue weighted by atomic mass is 10.0. The summed E-state index contributed by atoms with van der Waals surface area (Å²) in [4.78, 5) is 28.9. The summed E-state index contributed by atoms with van der Waals surface area (Å²) in [5, 5.41) is 4.72. The minimum atomic E-state index is -0.702. The summed E-state index contributed by atoms with van der Waals surface area (Å²) in [5.74, 6) is 0.556. The zero-order valence-corrected chi connectivity index (χ0v) is 24.0. The predicted octanol–water partition coefficient (Wildman–Crippen LogP) is 7.43. The van der Waals surface area contributed by atoms with E-state index in [-0.39, 0.29) is 30.2 Å². The monoisotopic (exact) mass is 576 g/mol. The van der Waals surface area contributed by atoms with Crippen LogP contribution in [0.2, 0.25) is 15.1 Å². The molecule has 0 heterocycles. The molecule has 3 aromatic carbocycles. The van der Waals surface area contributed by atoms with Crippen molar-refractivity contribution < 1.29 is 9.59 Å². The maximum Gasteiger partial charge on any atom is 0.243 e. The zero-order valence-electron chi connectivity index (χ0n) is 20.9. The van der Waals surface area contributed by atoms with Crippen LogP contribution in [-0.2, 0) is 28.3 Å². The highest BCUT2D eigenvalue weighted by molar-refractivity contribution is 7.99. The van der Waals surface area contributed by atoms with E-state index in [1.807, 2.05) is 68.4 Å². The molecule has 0 aliphatic rings. The van der Waals surface area contributed by atoms with Crippen molar-refractivity contribution in [1.29, 1.82) is 0 Å². The summed E-state index contributed by atoms with van der Waals surface area (Å²) in [6.07, 6.45) is 1.18. The Kier molecular flexibility index (Phi) is 11.7. The number of rotatable bonds is 12. The van der Waals surface area contributed by atoms with Gasteiger partial charge < -0.3 is 10.2 Å². The van der Waals surface area contributed by atoms with E-state index in [4.69, 9.17) is 34.8 Å². The number of thioether (sulfide) groups is 1. The molecule has 0 radical (unpaired) electrons. The number of carbonyl (C=O) groups is 2. The van der Waals surface area contributed by atoms with Gasteiger partial charge in [-0.15, -0.1) is 11.8 Å². The maximum atomic E-state index is 13.7. The second-order valence-corrected chi connectivity index (χ2v) is 11.2. The van der Waals surface area contributed by atoms with E-state index in [9.17, 15) is 9.59 Å². The molecule has 2 atom stereocenters. The molecule has 1 N–H and O–H groups in total. The molecule has 0 aromatic heterocycles. The SMILES string of the molecule is CC[C@H](C)NC(=O)[C@H](Cc1ccccc1)N(Cc1ccc(Cl)cc1Cl)C(=O)CSCc1ccc(Cl)cc1. The van der Waals surface area contributed by atoms with Gasteiger partial charge in [-0.2, -0.15) is 0 Å². The number of hydrogen-bond donors (Lipinski definition) is 1. The van der Waals surface area contributed by atoms with Crippen molar-refractivity contribution in [2.24, 2.45) is 0 Å². The van der Waals surface area contributed by atoms with Crippen LogP contribution in [0, 0.1) is 0 Å². The van der Waals surface area contributed by atoms with Crippen LogP contribution in [0.1, 0.15) is 37.0 Å². The van der Waals surface area contributed by atoms with Gasteiger partial charge in [-0.05, 0) is 54.3 Å². The Morgan fingerprint density at radius 3 is 2.24 bits per heavy atom. The van der Waals surface area contributed by atoms with Gasteiger partial charge in [-0.25, -0.2) is 0 Å². The molecule has 2 amide bonds. The van der Waals surface area contributed by atoms with Gasteiger partial charge in [0.25, 0.3) is 0 Å². The smallest absolute Gasteiger partial charge is 0.243 e. The van der Waals surface area contributed by atoms with Crippen molar-refractivity contribution in [2.75, 3.05) is 5.75 Å². The third kappa shape index (κ3) is 9.26. The minimum absolute atomic E-state index is 0.0128. The first-order valence-corrected chi connectivity index (χ1v) is 14.5.